The van der Waals surface area contributed by atoms with Crippen LogP contribution in [-0.4, -0.2) is 41.7 Å². The molecule has 3 heterocycles. The molecule has 4 nitrogen and oxygen atoms in total. The molecule has 0 spiro atoms. The van der Waals surface area contributed by atoms with Gasteiger partial charge >= 0.3 is 0 Å². The lowest BCUT2D eigenvalue weighted by molar-refractivity contribution is 0.319. The van der Waals surface area contributed by atoms with Gasteiger partial charge in [0.05, 0.1) is 17.8 Å². The molecule has 0 fully saturated rings. The number of likely N-dealkylation sites (N-methyl/N-ethyl adjacent to an activating group) is 1. The van der Waals surface area contributed by atoms with Crippen LogP contribution in [0.5, 0.6) is 5.75 Å². The number of hydrogen-bond donors (Lipinski definition) is 0. The zero-order chi connectivity index (χ0) is 13.2. The fourth-order valence-electron chi connectivity index (χ4n) is 2.72. The Bertz CT molecular complexity index is 574. The number of fused-ring (bicyclic) bond motifs is 3. The Morgan fingerprint density at radius 1 is 1.37 bits per heavy atom. The summed E-state index contributed by atoms with van der Waals surface area (Å²) in [6.45, 7) is 2.84. The summed E-state index contributed by atoms with van der Waals surface area (Å²) < 4.78 is 8.34. The standard InChI is InChI=1S/C15H21N3O/c1-17(2)9-10-18-12-7-5-8-16-14(12)15-13(18)6-3-4-11-19-15/h5,7-8H,3-4,6,9-11H2,1-2H3. The van der Waals surface area contributed by atoms with Gasteiger partial charge in [-0.05, 0) is 45.5 Å². The summed E-state index contributed by atoms with van der Waals surface area (Å²) in [5, 5.41) is 0. The maximum atomic E-state index is 5.95. The van der Waals surface area contributed by atoms with Gasteiger partial charge in [0.2, 0.25) is 0 Å². The Labute approximate surface area is 114 Å². The summed E-state index contributed by atoms with van der Waals surface area (Å²) in [5.41, 5.74) is 3.56. The average Bonchev–Trinajstić information content (AvgIpc) is 2.56. The number of hydrogen-bond acceptors (Lipinski definition) is 3. The zero-order valence-electron chi connectivity index (χ0n) is 11.7. The van der Waals surface area contributed by atoms with Crippen molar-refractivity contribution in [2.75, 3.05) is 27.2 Å². The second-order valence-electron chi connectivity index (χ2n) is 5.41. The molecule has 0 radical (unpaired) electrons. The molecule has 19 heavy (non-hydrogen) atoms. The van der Waals surface area contributed by atoms with Crippen LogP contribution in [0.1, 0.15) is 18.5 Å². The summed E-state index contributed by atoms with van der Waals surface area (Å²) in [6, 6.07) is 4.16. The molecule has 0 aliphatic carbocycles. The highest BCUT2D eigenvalue weighted by Crippen LogP contribution is 2.34. The molecule has 0 aromatic carbocycles. The van der Waals surface area contributed by atoms with Crippen molar-refractivity contribution in [2.45, 2.75) is 25.8 Å². The number of rotatable bonds is 3. The maximum Gasteiger partial charge on any atom is 0.166 e. The highest BCUT2D eigenvalue weighted by molar-refractivity contribution is 5.84. The molecule has 102 valence electrons. The molecule has 2 aromatic rings. The topological polar surface area (TPSA) is 30.3 Å². The van der Waals surface area contributed by atoms with Gasteiger partial charge in [0, 0.05) is 19.3 Å². The van der Waals surface area contributed by atoms with Crippen molar-refractivity contribution in [3.8, 4) is 5.75 Å². The van der Waals surface area contributed by atoms with Crippen molar-refractivity contribution in [3.05, 3.63) is 24.0 Å². The Balaban J connectivity index is 2.09. The largest absolute Gasteiger partial charge is 0.489 e. The molecule has 0 atom stereocenters. The van der Waals surface area contributed by atoms with E-state index in [1.165, 1.54) is 17.6 Å². The van der Waals surface area contributed by atoms with E-state index in [2.05, 4.69) is 34.6 Å². The SMILES string of the molecule is CN(C)CCn1c2c(c3ncccc31)OCCCC2. The third-order valence-corrected chi connectivity index (χ3v) is 3.71. The third kappa shape index (κ3) is 2.32. The number of nitrogens with zero attached hydrogens (tertiary/aromatic N) is 3. The highest BCUT2D eigenvalue weighted by atomic mass is 16.5. The van der Waals surface area contributed by atoms with Crippen LogP contribution >= 0.6 is 0 Å². The highest BCUT2D eigenvalue weighted by Gasteiger charge is 2.20. The van der Waals surface area contributed by atoms with E-state index in [1.807, 2.05) is 12.3 Å². The number of pyridine rings is 1. The normalized spacial score (nSPS) is 15.3. The molecular weight excluding hydrogens is 238 g/mol. The fraction of sp³-hybridized carbons (Fsp3) is 0.533. The van der Waals surface area contributed by atoms with E-state index in [1.54, 1.807) is 0 Å². The molecule has 2 aromatic heterocycles. The number of ether oxygens (including phenoxy) is 1. The van der Waals surface area contributed by atoms with Crippen molar-refractivity contribution >= 4 is 11.0 Å². The van der Waals surface area contributed by atoms with Gasteiger partial charge in [-0.25, -0.2) is 0 Å². The molecule has 0 bridgehead atoms. The van der Waals surface area contributed by atoms with Crippen LogP contribution in [0, 0.1) is 0 Å². The lowest BCUT2D eigenvalue weighted by Gasteiger charge is -2.14. The van der Waals surface area contributed by atoms with E-state index in [-0.39, 0.29) is 0 Å². The van der Waals surface area contributed by atoms with E-state index in [0.717, 1.165) is 43.8 Å². The molecule has 1 aliphatic rings. The van der Waals surface area contributed by atoms with Crippen LogP contribution < -0.4 is 4.74 Å². The molecule has 0 N–H and O–H groups in total. The van der Waals surface area contributed by atoms with E-state index in [0.29, 0.717) is 0 Å². The first kappa shape index (κ1) is 12.5. The lowest BCUT2D eigenvalue weighted by atomic mass is 10.2. The first-order chi connectivity index (χ1) is 9.27. The van der Waals surface area contributed by atoms with Gasteiger partial charge in [0.25, 0.3) is 0 Å². The Morgan fingerprint density at radius 2 is 2.26 bits per heavy atom. The Kier molecular flexibility index (Phi) is 3.42. The number of aromatic nitrogens is 2. The van der Waals surface area contributed by atoms with E-state index < -0.39 is 0 Å². The predicted octanol–water partition coefficient (Wildman–Crippen LogP) is 2.31. The molecule has 3 rings (SSSR count). The third-order valence-electron chi connectivity index (χ3n) is 3.71. The summed E-state index contributed by atoms with van der Waals surface area (Å²) in [7, 11) is 4.22. The summed E-state index contributed by atoms with van der Waals surface area (Å²) in [6.07, 6.45) is 5.29. The van der Waals surface area contributed by atoms with Crippen LogP contribution in [0.25, 0.3) is 11.0 Å². The second kappa shape index (κ2) is 5.21. The average molecular weight is 259 g/mol. The van der Waals surface area contributed by atoms with Crippen molar-refractivity contribution < 1.29 is 4.74 Å². The second-order valence-corrected chi connectivity index (χ2v) is 5.41. The predicted molar refractivity (Wildman–Crippen MR) is 76.7 cm³/mol. The first-order valence-corrected chi connectivity index (χ1v) is 7.01. The van der Waals surface area contributed by atoms with Gasteiger partial charge in [-0.1, -0.05) is 0 Å². The first-order valence-electron chi connectivity index (χ1n) is 7.01. The van der Waals surface area contributed by atoms with Gasteiger partial charge in [0.15, 0.2) is 5.75 Å². The fourth-order valence-corrected chi connectivity index (χ4v) is 2.72. The van der Waals surface area contributed by atoms with Crippen LogP contribution in [0.4, 0.5) is 0 Å². The van der Waals surface area contributed by atoms with Crippen molar-refractivity contribution in [3.63, 3.8) is 0 Å². The lowest BCUT2D eigenvalue weighted by Crippen LogP contribution is -2.19. The smallest absolute Gasteiger partial charge is 0.166 e. The van der Waals surface area contributed by atoms with E-state index in [9.17, 15) is 0 Å². The summed E-state index contributed by atoms with van der Waals surface area (Å²) in [5.74, 6) is 1.02. The molecule has 0 saturated carbocycles. The van der Waals surface area contributed by atoms with Crippen LogP contribution in [-0.2, 0) is 13.0 Å². The minimum atomic E-state index is 0.816. The Morgan fingerprint density at radius 3 is 3.11 bits per heavy atom. The molecular formula is C15H21N3O. The Hall–Kier alpha value is -1.55. The molecule has 1 aliphatic heterocycles. The monoisotopic (exact) mass is 259 g/mol. The molecule has 0 amide bonds. The minimum absolute atomic E-state index is 0.816. The van der Waals surface area contributed by atoms with E-state index >= 15 is 0 Å². The van der Waals surface area contributed by atoms with Gasteiger partial charge in [-0.15, -0.1) is 0 Å². The zero-order valence-corrected chi connectivity index (χ0v) is 11.7. The van der Waals surface area contributed by atoms with Crippen LogP contribution in [0.15, 0.2) is 18.3 Å². The summed E-state index contributed by atoms with van der Waals surface area (Å²) in [4.78, 5) is 6.74. The molecule has 0 saturated heterocycles. The minimum Gasteiger partial charge on any atom is -0.489 e. The van der Waals surface area contributed by atoms with Crippen molar-refractivity contribution in [1.82, 2.24) is 14.5 Å². The van der Waals surface area contributed by atoms with Gasteiger partial charge < -0.3 is 14.2 Å². The maximum absolute atomic E-state index is 5.95. The van der Waals surface area contributed by atoms with Crippen LogP contribution in [0.3, 0.4) is 0 Å². The van der Waals surface area contributed by atoms with Crippen LogP contribution in [0.2, 0.25) is 0 Å². The van der Waals surface area contributed by atoms with Gasteiger partial charge in [-0.3, -0.25) is 4.98 Å². The van der Waals surface area contributed by atoms with Gasteiger partial charge in [0.1, 0.15) is 5.52 Å². The summed E-state index contributed by atoms with van der Waals surface area (Å²) >= 11 is 0. The quantitative estimate of drug-likeness (QED) is 0.847. The van der Waals surface area contributed by atoms with Crippen molar-refractivity contribution in [2.24, 2.45) is 0 Å². The molecule has 4 heteroatoms. The van der Waals surface area contributed by atoms with Crippen molar-refractivity contribution in [1.29, 1.82) is 0 Å². The molecule has 0 unspecified atom stereocenters. The van der Waals surface area contributed by atoms with E-state index in [4.69, 9.17) is 4.74 Å². The van der Waals surface area contributed by atoms with Gasteiger partial charge in [-0.2, -0.15) is 0 Å².